The predicted molar refractivity (Wildman–Crippen MR) is 82.7 cm³/mol. The van der Waals surface area contributed by atoms with E-state index >= 15 is 0 Å². The van der Waals surface area contributed by atoms with Gasteiger partial charge in [-0.05, 0) is 31.0 Å². The Kier molecular flexibility index (Phi) is 7.17. The Balaban J connectivity index is 2.65. The summed E-state index contributed by atoms with van der Waals surface area (Å²) in [5.41, 5.74) is 6.75. The van der Waals surface area contributed by atoms with Gasteiger partial charge in [0.15, 0.2) is 5.96 Å². The molecule has 0 heterocycles. The number of amides is 1. The molecular formula is C15H24N4O. The van der Waals surface area contributed by atoms with Crippen LogP contribution in [0, 0.1) is 0 Å². The summed E-state index contributed by atoms with van der Waals surface area (Å²) >= 11 is 0. The maximum absolute atomic E-state index is 11.1. The van der Waals surface area contributed by atoms with E-state index < -0.39 is 5.91 Å². The molecule has 0 atom stereocenters. The van der Waals surface area contributed by atoms with E-state index in [-0.39, 0.29) is 0 Å². The summed E-state index contributed by atoms with van der Waals surface area (Å²) in [6, 6.07) is 7.25. The monoisotopic (exact) mass is 276 g/mol. The Morgan fingerprint density at radius 2 is 2.10 bits per heavy atom. The van der Waals surface area contributed by atoms with E-state index in [1.165, 1.54) is 0 Å². The molecule has 0 saturated heterocycles. The molecular weight excluding hydrogens is 252 g/mol. The highest BCUT2D eigenvalue weighted by Crippen LogP contribution is 2.06. The normalized spacial score (nSPS) is 11.2. The van der Waals surface area contributed by atoms with E-state index in [1.54, 1.807) is 12.1 Å². The molecule has 1 aromatic carbocycles. The minimum atomic E-state index is -0.413. The molecule has 110 valence electrons. The van der Waals surface area contributed by atoms with Crippen molar-refractivity contribution in [3.05, 3.63) is 35.4 Å². The molecule has 1 rings (SSSR count). The maximum atomic E-state index is 11.1. The fraction of sp³-hybridized carbons (Fsp3) is 0.467. The lowest BCUT2D eigenvalue weighted by Crippen LogP contribution is -2.37. The number of nitrogens with two attached hydrogens (primary N) is 1. The zero-order chi connectivity index (χ0) is 14.8. The second-order valence-electron chi connectivity index (χ2n) is 4.54. The van der Waals surface area contributed by atoms with Crippen LogP contribution in [0.2, 0.25) is 0 Å². The molecule has 0 unspecified atom stereocenters. The molecule has 0 fully saturated rings. The lowest BCUT2D eigenvalue weighted by atomic mass is 10.1. The Morgan fingerprint density at radius 1 is 1.30 bits per heavy atom. The molecule has 5 heteroatoms. The molecule has 5 nitrogen and oxygen atoms in total. The number of unbranched alkanes of at least 4 members (excludes halogenated alkanes) is 1. The molecule has 0 aromatic heterocycles. The number of hydrogen-bond acceptors (Lipinski definition) is 2. The van der Waals surface area contributed by atoms with Gasteiger partial charge < -0.3 is 16.4 Å². The Labute approximate surface area is 120 Å². The first-order chi connectivity index (χ1) is 9.67. The van der Waals surface area contributed by atoms with Crippen LogP contribution < -0.4 is 16.4 Å². The van der Waals surface area contributed by atoms with Crippen LogP contribution in [-0.2, 0) is 6.54 Å². The molecule has 0 saturated carbocycles. The molecule has 0 aliphatic carbocycles. The highest BCUT2D eigenvalue weighted by molar-refractivity contribution is 5.92. The number of nitrogens with one attached hydrogen (secondary N) is 2. The van der Waals surface area contributed by atoms with Crippen molar-refractivity contribution in [2.45, 2.75) is 33.2 Å². The number of hydrogen-bond donors (Lipinski definition) is 3. The zero-order valence-electron chi connectivity index (χ0n) is 12.3. The number of rotatable bonds is 7. The largest absolute Gasteiger partial charge is 0.366 e. The molecule has 0 aliphatic heterocycles. The zero-order valence-corrected chi connectivity index (χ0v) is 12.3. The van der Waals surface area contributed by atoms with Gasteiger partial charge >= 0.3 is 0 Å². The van der Waals surface area contributed by atoms with Crippen LogP contribution in [0.5, 0.6) is 0 Å². The standard InChI is InChI=1S/C15H24N4O/c1-3-5-9-18-15(17-4-2)19-11-12-7-6-8-13(10-12)14(16)20/h6-8,10H,3-5,9,11H2,1-2H3,(H2,16,20)(H2,17,18,19). The SMILES string of the molecule is CCCCNC(=NCc1cccc(C(N)=O)c1)NCC. The quantitative estimate of drug-likeness (QED) is 0.402. The summed E-state index contributed by atoms with van der Waals surface area (Å²) in [6.07, 6.45) is 2.26. The van der Waals surface area contributed by atoms with Crippen molar-refractivity contribution in [2.75, 3.05) is 13.1 Å². The second kappa shape index (κ2) is 8.96. The van der Waals surface area contributed by atoms with E-state index in [4.69, 9.17) is 5.73 Å². The molecule has 20 heavy (non-hydrogen) atoms. The molecule has 1 aromatic rings. The van der Waals surface area contributed by atoms with Gasteiger partial charge in [0.1, 0.15) is 0 Å². The highest BCUT2D eigenvalue weighted by Gasteiger charge is 2.01. The van der Waals surface area contributed by atoms with E-state index in [2.05, 4.69) is 22.5 Å². The van der Waals surface area contributed by atoms with Gasteiger partial charge in [0.25, 0.3) is 0 Å². The predicted octanol–water partition coefficient (Wildman–Crippen LogP) is 1.64. The van der Waals surface area contributed by atoms with Gasteiger partial charge in [0.2, 0.25) is 5.91 Å². The number of carbonyl (C=O) groups excluding carboxylic acids is 1. The van der Waals surface area contributed by atoms with Gasteiger partial charge in [-0.1, -0.05) is 25.5 Å². The van der Waals surface area contributed by atoms with Gasteiger partial charge in [0, 0.05) is 18.7 Å². The average Bonchev–Trinajstić information content (AvgIpc) is 2.45. The third-order valence-corrected chi connectivity index (χ3v) is 2.80. The first-order valence-electron chi connectivity index (χ1n) is 7.08. The van der Waals surface area contributed by atoms with Crippen molar-refractivity contribution in [2.24, 2.45) is 10.7 Å². The molecule has 0 radical (unpaired) electrons. The van der Waals surface area contributed by atoms with Gasteiger partial charge in [-0.3, -0.25) is 4.79 Å². The van der Waals surface area contributed by atoms with Crippen LogP contribution in [0.15, 0.2) is 29.3 Å². The van der Waals surface area contributed by atoms with Crippen LogP contribution in [0.4, 0.5) is 0 Å². The summed E-state index contributed by atoms with van der Waals surface area (Å²) in [6.45, 7) is 6.43. The van der Waals surface area contributed by atoms with Crippen LogP contribution in [0.1, 0.15) is 42.6 Å². The fourth-order valence-electron chi connectivity index (χ4n) is 1.72. The minimum absolute atomic E-state index is 0.413. The lowest BCUT2D eigenvalue weighted by Gasteiger charge is -2.10. The van der Waals surface area contributed by atoms with Crippen molar-refractivity contribution >= 4 is 11.9 Å². The average molecular weight is 276 g/mol. The number of aliphatic imine (C=N–C) groups is 1. The first kappa shape index (κ1) is 16.0. The molecule has 0 bridgehead atoms. The van der Waals surface area contributed by atoms with Crippen molar-refractivity contribution < 1.29 is 4.79 Å². The van der Waals surface area contributed by atoms with Crippen molar-refractivity contribution in [1.29, 1.82) is 0 Å². The summed E-state index contributed by atoms with van der Waals surface area (Å²) < 4.78 is 0. The maximum Gasteiger partial charge on any atom is 0.248 e. The lowest BCUT2D eigenvalue weighted by molar-refractivity contribution is 0.1000. The summed E-state index contributed by atoms with van der Waals surface area (Å²) in [7, 11) is 0. The molecule has 1 amide bonds. The number of benzene rings is 1. The first-order valence-corrected chi connectivity index (χ1v) is 7.08. The highest BCUT2D eigenvalue weighted by atomic mass is 16.1. The van der Waals surface area contributed by atoms with Gasteiger partial charge in [0.05, 0.1) is 6.54 Å². The molecule has 0 spiro atoms. The van der Waals surface area contributed by atoms with E-state index in [1.807, 2.05) is 19.1 Å². The van der Waals surface area contributed by atoms with Crippen LogP contribution in [0.25, 0.3) is 0 Å². The molecule has 4 N–H and O–H groups in total. The van der Waals surface area contributed by atoms with E-state index in [9.17, 15) is 4.79 Å². The minimum Gasteiger partial charge on any atom is -0.366 e. The van der Waals surface area contributed by atoms with Crippen LogP contribution in [0.3, 0.4) is 0 Å². The number of primary amides is 1. The Bertz CT molecular complexity index is 457. The van der Waals surface area contributed by atoms with Gasteiger partial charge in [-0.15, -0.1) is 0 Å². The van der Waals surface area contributed by atoms with Crippen molar-refractivity contribution in [3.8, 4) is 0 Å². The number of nitrogens with zero attached hydrogens (tertiary/aromatic N) is 1. The second-order valence-corrected chi connectivity index (χ2v) is 4.54. The van der Waals surface area contributed by atoms with Gasteiger partial charge in [-0.2, -0.15) is 0 Å². The summed E-state index contributed by atoms with van der Waals surface area (Å²) in [5.74, 6) is 0.384. The van der Waals surface area contributed by atoms with E-state index in [0.717, 1.165) is 37.5 Å². The third-order valence-electron chi connectivity index (χ3n) is 2.80. The van der Waals surface area contributed by atoms with Crippen molar-refractivity contribution in [1.82, 2.24) is 10.6 Å². The summed E-state index contributed by atoms with van der Waals surface area (Å²) in [5, 5.41) is 6.47. The summed E-state index contributed by atoms with van der Waals surface area (Å²) in [4.78, 5) is 15.6. The smallest absolute Gasteiger partial charge is 0.248 e. The van der Waals surface area contributed by atoms with Crippen molar-refractivity contribution in [3.63, 3.8) is 0 Å². The molecule has 0 aliphatic rings. The Morgan fingerprint density at radius 3 is 2.75 bits per heavy atom. The van der Waals surface area contributed by atoms with E-state index in [0.29, 0.717) is 12.1 Å². The van der Waals surface area contributed by atoms with Crippen LogP contribution in [-0.4, -0.2) is 25.0 Å². The van der Waals surface area contributed by atoms with Gasteiger partial charge in [-0.25, -0.2) is 4.99 Å². The third kappa shape index (κ3) is 5.73. The Hall–Kier alpha value is -2.04. The number of carbonyl (C=O) groups is 1. The fourth-order valence-corrected chi connectivity index (χ4v) is 1.72. The van der Waals surface area contributed by atoms with Crippen LogP contribution >= 0.6 is 0 Å². The topological polar surface area (TPSA) is 79.5 Å². The number of guanidine groups is 1.